The molecule has 7 aromatic rings. The monoisotopic (exact) mass is 605 g/mol. The topological polar surface area (TPSA) is 15.7 Å². The molecule has 47 heavy (non-hydrogen) atoms. The summed E-state index contributed by atoms with van der Waals surface area (Å²) in [6, 6.07) is 64.5. The summed E-state index contributed by atoms with van der Waals surface area (Å²) >= 11 is 0. The predicted molar refractivity (Wildman–Crippen MR) is 195 cm³/mol. The Kier molecular flexibility index (Phi) is 7.41. The molecular weight excluding hydrogens is 572 g/mol. The third-order valence-electron chi connectivity index (χ3n) is 8.79. The van der Waals surface area contributed by atoms with Crippen molar-refractivity contribution in [2.45, 2.75) is 0 Å². The average Bonchev–Trinajstić information content (AvgIpc) is 3.46. The zero-order valence-electron chi connectivity index (χ0n) is 26.1. The Balaban J connectivity index is 1.31. The van der Waals surface area contributed by atoms with Gasteiger partial charge in [-0.1, -0.05) is 72.8 Å². The van der Waals surface area contributed by atoms with Crippen molar-refractivity contribution in [1.29, 1.82) is 0 Å². The zero-order chi connectivity index (χ0) is 31.6. The second-order valence-electron chi connectivity index (χ2n) is 11.6. The summed E-state index contributed by atoms with van der Waals surface area (Å²) in [6.45, 7) is 0. The summed E-state index contributed by atoms with van der Waals surface area (Å²) in [5.41, 5.74) is 12.7. The number of para-hydroxylation sites is 4. The van der Waals surface area contributed by atoms with E-state index in [4.69, 9.17) is 4.74 Å². The van der Waals surface area contributed by atoms with Gasteiger partial charge in [-0.2, -0.15) is 0 Å². The van der Waals surface area contributed by atoms with Crippen molar-refractivity contribution in [3.63, 3.8) is 0 Å². The van der Waals surface area contributed by atoms with E-state index in [9.17, 15) is 0 Å². The molecule has 1 aliphatic carbocycles. The highest BCUT2D eigenvalue weighted by Crippen LogP contribution is 2.51. The van der Waals surface area contributed by atoms with Crippen molar-refractivity contribution in [2.24, 2.45) is 0 Å². The van der Waals surface area contributed by atoms with Crippen LogP contribution in [0.4, 0.5) is 34.1 Å². The number of fused-ring (bicyclic) bond motifs is 3. The van der Waals surface area contributed by atoms with Gasteiger partial charge in [0.1, 0.15) is 5.75 Å². The lowest BCUT2D eigenvalue weighted by molar-refractivity contribution is 0.414. The van der Waals surface area contributed by atoms with E-state index in [0.717, 1.165) is 45.4 Å². The summed E-state index contributed by atoms with van der Waals surface area (Å²) in [5, 5.41) is 0. The highest BCUT2D eigenvalue weighted by molar-refractivity contribution is 5.92. The average molecular weight is 606 g/mol. The molecule has 0 radical (unpaired) electrons. The molecule has 0 unspecified atom stereocenters. The normalized spacial score (nSPS) is 11.5. The van der Waals surface area contributed by atoms with Gasteiger partial charge in [0.2, 0.25) is 0 Å². The predicted octanol–water partition coefficient (Wildman–Crippen LogP) is 11.6. The number of nitrogens with zero attached hydrogens (tertiary/aromatic N) is 2. The largest absolute Gasteiger partial charge is 0.496 e. The van der Waals surface area contributed by atoms with Crippen LogP contribution in [0.15, 0.2) is 182 Å². The van der Waals surface area contributed by atoms with Crippen LogP contribution >= 0.6 is 0 Å². The Morgan fingerprint density at radius 3 is 1.09 bits per heavy atom. The molecule has 1 aliphatic rings. The summed E-state index contributed by atoms with van der Waals surface area (Å²) < 4.78 is 5.55. The number of methoxy groups -OCH3 is 1. The molecule has 0 N–H and O–H groups in total. The maximum absolute atomic E-state index is 5.55. The molecule has 0 aromatic heterocycles. The number of benzene rings is 7. The molecular formula is C44H33N2O+. The number of anilines is 6. The smallest absolute Gasteiger partial charge is 0.129 e. The van der Waals surface area contributed by atoms with E-state index in [0.29, 0.717) is 0 Å². The van der Waals surface area contributed by atoms with Gasteiger partial charge in [0.25, 0.3) is 0 Å². The molecule has 0 saturated carbocycles. The number of rotatable bonds is 8. The van der Waals surface area contributed by atoms with Crippen molar-refractivity contribution in [1.82, 2.24) is 0 Å². The third-order valence-corrected chi connectivity index (χ3v) is 8.79. The van der Waals surface area contributed by atoms with Gasteiger partial charge in [-0.3, -0.25) is 0 Å². The maximum Gasteiger partial charge on any atom is 0.129 e. The first-order valence-electron chi connectivity index (χ1n) is 15.9. The van der Waals surface area contributed by atoms with E-state index in [1.165, 1.54) is 28.2 Å². The molecule has 0 heterocycles. The second kappa shape index (κ2) is 12.3. The Hall–Kier alpha value is -6.19. The lowest BCUT2D eigenvalue weighted by Crippen LogP contribution is -2.11. The number of hydrogen-bond acceptors (Lipinski definition) is 3. The Labute approximate surface area is 276 Å². The first-order chi connectivity index (χ1) is 23.3. The van der Waals surface area contributed by atoms with Crippen LogP contribution in [-0.2, 0) is 0 Å². The van der Waals surface area contributed by atoms with Crippen molar-refractivity contribution in [3.8, 4) is 16.9 Å². The lowest BCUT2D eigenvalue weighted by Gasteiger charge is -2.25. The van der Waals surface area contributed by atoms with E-state index in [2.05, 4.69) is 180 Å². The van der Waals surface area contributed by atoms with E-state index in [-0.39, 0.29) is 0 Å². The molecule has 0 amide bonds. The molecule has 0 fully saturated rings. The summed E-state index contributed by atoms with van der Waals surface area (Å²) in [7, 11) is 1.71. The van der Waals surface area contributed by atoms with Crippen LogP contribution in [0.1, 0.15) is 16.7 Å². The quantitative estimate of drug-likeness (QED) is 0.160. The van der Waals surface area contributed by atoms with Gasteiger partial charge in [0.05, 0.1) is 52.2 Å². The van der Waals surface area contributed by atoms with Gasteiger partial charge >= 0.3 is 0 Å². The van der Waals surface area contributed by atoms with Crippen LogP contribution in [-0.4, -0.2) is 7.11 Å². The number of hydrogen-bond donors (Lipinski definition) is 0. The van der Waals surface area contributed by atoms with Crippen LogP contribution < -0.4 is 14.5 Å². The van der Waals surface area contributed by atoms with Gasteiger partial charge in [0, 0.05) is 47.0 Å². The third kappa shape index (κ3) is 5.28. The molecule has 8 rings (SSSR count). The second-order valence-corrected chi connectivity index (χ2v) is 11.6. The van der Waals surface area contributed by atoms with Gasteiger partial charge in [-0.15, -0.1) is 0 Å². The molecule has 0 aliphatic heterocycles. The molecule has 0 atom stereocenters. The van der Waals surface area contributed by atoms with Crippen molar-refractivity contribution >= 4 is 34.1 Å². The SMILES string of the molecule is COc1ccc([C+]2c3cc(N(c4ccccc4)c4ccccc4)ccc3-c3ccc(N(c4ccccc4)c4ccccc4)cc32)cc1. The molecule has 224 valence electrons. The fraction of sp³-hybridized carbons (Fsp3) is 0.0227. The molecule has 7 aromatic carbocycles. The van der Waals surface area contributed by atoms with Crippen molar-refractivity contribution < 1.29 is 4.74 Å². The minimum absolute atomic E-state index is 0.842. The fourth-order valence-electron chi connectivity index (χ4n) is 6.64. The Bertz CT molecular complexity index is 1900. The van der Waals surface area contributed by atoms with Gasteiger partial charge in [0.15, 0.2) is 0 Å². The van der Waals surface area contributed by atoms with E-state index >= 15 is 0 Å². The molecule has 0 bridgehead atoms. The van der Waals surface area contributed by atoms with Crippen LogP contribution in [0.3, 0.4) is 0 Å². The standard InChI is InChI=1S/C44H33N2O/c1-47-39-26-22-32(23-27-39)44-42-30-37(45(33-14-6-2-7-15-33)34-16-8-3-9-17-34)24-28-40(42)41-29-25-38(31-43(41)44)46(35-18-10-4-11-19-35)36-20-12-5-13-21-36/h2-31H,1H3/q+1. The lowest BCUT2D eigenvalue weighted by atomic mass is 9.88. The summed E-state index contributed by atoms with van der Waals surface area (Å²) in [4.78, 5) is 4.65. The van der Waals surface area contributed by atoms with Gasteiger partial charge in [-0.05, 0) is 84.9 Å². The van der Waals surface area contributed by atoms with Crippen LogP contribution in [0.2, 0.25) is 0 Å². The fourth-order valence-corrected chi connectivity index (χ4v) is 6.64. The van der Waals surface area contributed by atoms with Crippen LogP contribution in [0, 0.1) is 5.92 Å². The molecule has 0 saturated heterocycles. The van der Waals surface area contributed by atoms with Gasteiger partial charge < -0.3 is 14.5 Å². The molecule has 0 spiro atoms. The van der Waals surface area contributed by atoms with Crippen molar-refractivity contribution in [2.75, 3.05) is 16.9 Å². The van der Waals surface area contributed by atoms with E-state index in [1.807, 2.05) is 12.1 Å². The first kappa shape index (κ1) is 28.3. The van der Waals surface area contributed by atoms with Crippen molar-refractivity contribution in [3.05, 3.63) is 205 Å². The molecule has 3 heteroatoms. The maximum atomic E-state index is 5.55. The van der Waals surface area contributed by atoms with Crippen LogP contribution in [0.5, 0.6) is 5.75 Å². The number of ether oxygens (including phenoxy) is 1. The minimum Gasteiger partial charge on any atom is -0.496 e. The highest BCUT2D eigenvalue weighted by Gasteiger charge is 2.38. The van der Waals surface area contributed by atoms with Gasteiger partial charge in [-0.25, -0.2) is 0 Å². The zero-order valence-corrected chi connectivity index (χ0v) is 26.1. The Morgan fingerprint density at radius 2 is 0.745 bits per heavy atom. The highest BCUT2D eigenvalue weighted by atomic mass is 16.5. The van der Waals surface area contributed by atoms with Crippen LogP contribution in [0.25, 0.3) is 11.1 Å². The molecule has 3 nitrogen and oxygen atoms in total. The summed E-state index contributed by atoms with van der Waals surface area (Å²) in [6.07, 6.45) is 0. The minimum atomic E-state index is 0.842. The Morgan fingerprint density at radius 1 is 0.383 bits per heavy atom. The summed E-state index contributed by atoms with van der Waals surface area (Å²) in [5.74, 6) is 2.05. The first-order valence-corrected chi connectivity index (χ1v) is 15.9. The van der Waals surface area contributed by atoms with E-state index in [1.54, 1.807) is 7.11 Å². The van der Waals surface area contributed by atoms with E-state index < -0.39 is 0 Å².